The lowest BCUT2D eigenvalue weighted by atomic mass is 9.84. The van der Waals surface area contributed by atoms with E-state index in [0.29, 0.717) is 12.5 Å². The Hall–Kier alpha value is -1.14. The van der Waals surface area contributed by atoms with E-state index in [1.54, 1.807) is 0 Å². The molecule has 1 unspecified atom stereocenters. The van der Waals surface area contributed by atoms with Crippen LogP contribution in [0.2, 0.25) is 0 Å². The zero-order valence-corrected chi connectivity index (χ0v) is 14.7. The molecule has 136 valence electrons. The van der Waals surface area contributed by atoms with Gasteiger partial charge in [-0.1, -0.05) is 0 Å². The summed E-state index contributed by atoms with van der Waals surface area (Å²) in [6.45, 7) is 4.51. The van der Waals surface area contributed by atoms with Crippen LogP contribution >= 0.6 is 0 Å². The molecule has 0 aromatic carbocycles. The Bertz CT molecular complexity index is 442. The smallest absolute Gasteiger partial charge is 0.307 e. The van der Waals surface area contributed by atoms with E-state index in [4.69, 9.17) is 9.47 Å². The predicted octanol–water partition coefficient (Wildman–Crippen LogP) is 1.43. The van der Waals surface area contributed by atoms with Crippen LogP contribution in [0.5, 0.6) is 0 Å². The molecule has 3 rings (SSSR count). The van der Waals surface area contributed by atoms with Crippen molar-refractivity contribution in [1.29, 1.82) is 0 Å². The molecule has 6 heteroatoms. The van der Waals surface area contributed by atoms with Crippen LogP contribution < -0.4 is 0 Å². The van der Waals surface area contributed by atoms with Crippen LogP contribution in [-0.4, -0.2) is 73.7 Å². The standard InChI is InChI=1S/C18H30N2O4/c1-23-17(21)13-16-3-2-8-20(16)18(22)14-4-6-15(7-5-14)19-9-11-24-12-10-19/h14-16H,2-13H2,1H3. The quantitative estimate of drug-likeness (QED) is 0.726. The first-order chi connectivity index (χ1) is 11.7. The Labute approximate surface area is 144 Å². The fraction of sp³-hybridized carbons (Fsp3) is 0.889. The normalized spacial score (nSPS) is 31.9. The van der Waals surface area contributed by atoms with E-state index < -0.39 is 0 Å². The Morgan fingerprint density at radius 3 is 2.42 bits per heavy atom. The maximum atomic E-state index is 12.9. The summed E-state index contributed by atoms with van der Waals surface area (Å²) >= 11 is 0. The summed E-state index contributed by atoms with van der Waals surface area (Å²) in [4.78, 5) is 28.9. The van der Waals surface area contributed by atoms with Crippen molar-refractivity contribution in [1.82, 2.24) is 9.80 Å². The van der Waals surface area contributed by atoms with Gasteiger partial charge in [-0.3, -0.25) is 14.5 Å². The topological polar surface area (TPSA) is 59.1 Å². The van der Waals surface area contributed by atoms with Gasteiger partial charge in [-0.2, -0.15) is 0 Å². The molecule has 2 saturated heterocycles. The molecule has 1 atom stereocenters. The number of hydrogen-bond acceptors (Lipinski definition) is 5. The lowest BCUT2D eigenvalue weighted by Gasteiger charge is -2.39. The van der Waals surface area contributed by atoms with Gasteiger partial charge in [0.1, 0.15) is 0 Å². The second-order valence-electron chi connectivity index (χ2n) is 7.26. The van der Waals surface area contributed by atoms with Crippen LogP contribution in [0.3, 0.4) is 0 Å². The number of hydrogen-bond donors (Lipinski definition) is 0. The fourth-order valence-corrected chi connectivity index (χ4v) is 4.48. The molecule has 3 aliphatic rings. The van der Waals surface area contributed by atoms with Gasteiger partial charge in [0.05, 0.1) is 26.7 Å². The van der Waals surface area contributed by atoms with Crippen molar-refractivity contribution in [2.24, 2.45) is 5.92 Å². The molecule has 1 amide bonds. The molecule has 3 fully saturated rings. The Balaban J connectivity index is 1.50. The molecule has 24 heavy (non-hydrogen) atoms. The zero-order valence-electron chi connectivity index (χ0n) is 14.7. The van der Waals surface area contributed by atoms with Crippen LogP contribution in [-0.2, 0) is 19.1 Å². The molecular formula is C18H30N2O4. The highest BCUT2D eigenvalue weighted by Gasteiger charge is 2.37. The van der Waals surface area contributed by atoms with Crippen molar-refractivity contribution >= 4 is 11.9 Å². The number of ether oxygens (including phenoxy) is 2. The highest BCUT2D eigenvalue weighted by atomic mass is 16.5. The van der Waals surface area contributed by atoms with E-state index in [0.717, 1.165) is 71.4 Å². The summed E-state index contributed by atoms with van der Waals surface area (Å²) in [7, 11) is 1.41. The molecule has 0 N–H and O–H groups in total. The summed E-state index contributed by atoms with van der Waals surface area (Å²) < 4.78 is 10.2. The van der Waals surface area contributed by atoms with Crippen molar-refractivity contribution in [2.45, 2.75) is 57.0 Å². The van der Waals surface area contributed by atoms with Crippen molar-refractivity contribution in [3.8, 4) is 0 Å². The van der Waals surface area contributed by atoms with Crippen LogP contribution in [0, 0.1) is 5.92 Å². The molecule has 0 aromatic heterocycles. The average Bonchev–Trinajstić information content (AvgIpc) is 3.10. The average molecular weight is 338 g/mol. The molecular weight excluding hydrogens is 308 g/mol. The third kappa shape index (κ3) is 4.09. The first-order valence-corrected chi connectivity index (χ1v) is 9.38. The number of rotatable bonds is 4. The molecule has 0 spiro atoms. The van der Waals surface area contributed by atoms with Crippen LogP contribution in [0.1, 0.15) is 44.9 Å². The number of nitrogens with zero attached hydrogens (tertiary/aromatic N) is 2. The van der Waals surface area contributed by atoms with E-state index in [1.165, 1.54) is 7.11 Å². The first kappa shape index (κ1) is 17.7. The number of carbonyl (C=O) groups is 2. The number of likely N-dealkylation sites (tertiary alicyclic amines) is 1. The lowest BCUT2D eigenvalue weighted by Crippen LogP contribution is -2.47. The van der Waals surface area contributed by atoms with Gasteiger partial charge in [0.25, 0.3) is 0 Å². The maximum absolute atomic E-state index is 12.9. The van der Waals surface area contributed by atoms with E-state index in [2.05, 4.69) is 4.90 Å². The van der Waals surface area contributed by atoms with Crippen molar-refractivity contribution < 1.29 is 19.1 Å². The molecule has 1 saturated carbocycles. The van der Waals surface area contributed by atoms with E-state index in [9.17, 15) is 9.59 Å². The predicted molar refractivity (Wildman–Crippen MR) is 89.5 cm³/mol. The third-order valence-electron chi connectivity index (χ3n) is 5.90. The van der Waals surface area contributed by atoms with Crippen molar-refractivity contribution in [2.75, 3.05) is 40.0 Å². The van der Waals surface area contributed by atoms with Gasteiger partial charge < -0.3 is 14.4 Å². The summed E-state index contributed by atoms with van der Waals surface area (Å²) in [6, 6.07) is 0.657. The monoisotopic (exact) mass is 338 g/mol. The minimum absolute atomic E-state index is 0.0434. The molecule has 2 heterocycles. The Morgan fingerprint density at radius 1 is 1.04 bits per heavy atom. The number of methoxy groups -OCH3 is 1. The van der Waals surface area contributed by atoms with Gasteiger partial charge in [-0.05, 0) is 38.5 Å². The highest BCUT2D eigenvalue weighted by molar-refractivity contribution is 5.80. The largest absolute Gasteiger partial charge is 0.469 e. The minimum Gasteiger partial charge on any atom is -0.469 e. The summed E-state index contributed by atoms with van der Waals surface area (Å²) in [5.41, 5.74) is 0. The molecule has 0 aromatic rings. The Kier molecular flexibility index (Phi) is 6.11. The van der Waals surface area contributed by atoms with Gasteiger partial charge in [0.2, 0.25) is 5.91 Å². The minimum atomic E-state index is -0.212. The first-order valence-electron chi connectivity index (χ1n) is 9.38. The van der Waals surface area contributed by atoms with E-state index in [1.807, 2.05) is 4.90 Å². The number of esters is 1. The molecule has 0 radical (unpaired) electrons. The van der Waals surface area contributed by atoms with Gasteiger partial charge in [0.15, 0.2) is 0 Å². The second kappa shape index (κ2) is 8.30. The van der Waals surface area contributed by atoms with Crippen LogP contribution in [0.15, 0.2) is 0 Å². The highest BCUT2D eigenvalue weighted by Crippen LogP contribution is 2.32. The van der Waals surface area contributed by atoms with Crippen LogP contribution in [0.25, 0.3) is 0 Å². The van der Waals surface area contributed by atoms with Crippen LogP contribution in [0.4, 0.5) is 0 Å². The summed E-state index contributed by atoms with van der Waals surface area (Å²) in [5.74, 6) is 0.193. The SMILES string of the molecule is COC(=O)CC1CCCN1C(=O)C1CCC(N2CCOCC2)CC1. The number of carbonyl (C=O) groups excluding carboxylic acids is 2. The lowest BCUT2D eigenvalue weighted by molar-refractivity contribution is -0.144. The molecule has 2 aliphatic heterocycles. The number of amides is 1. The second-order valence-corrected chi connectivity index (χ2v) is 7.26. The van der Waals surface area contributed by atoms with Gasteiger partial charge in [0, 0.05) is 37.6 Å². The molecule has 1 aliphatic carbocycles. The summed E-state index contributed by atoms with van der Waals surface area (Å²) in [6.07, 6.45) is 6.41. The summed E-state index contributed by atoms with van der Waals surface area (Å²) in [5, 5.41) is 0. The van der Waals surface area contributed by atoms with Gasteiger partial charge in [-0.25, -0.2) is 0 Å². The van der Waals surface area contributed by atoms with Crippen molar-refractivity contribution in [3.05, 3.63) is 0 Å². The fourth-order valence-electron chi connectivity index (χ4n) is 4.48. The molecule has 6 nitrogen and oxygen atoms in total. The Morgan fingerprint density at radius 2 is 1.75 bits per heavy atom. The third-order valence-corrected chi connectivity index (χ3v) is 5.90. The molecule has 0 bridgehead atoms. The zero-order chi connectivity index (χ0) is 16.9. The maximum Gasteiger partial charge on any atom is 0.307 e. The number of morpholine rings is 1. The van der Waals surface area contributed by atoms with Crippen molar-refractivity contribution in [3.63, 3.8) is 0 Å². The van der Waals surface area contributed by atoms with E-state index in [-0.39, 0.29) is 23.8 Å². The van der Waals surface area contributed by atoms with Gasteiger partial charge in [-0.15, -0.1) is 0 Å². The van der Waals surface area contributed by atoms with Gasteiger partial charge >= 0.3 is 5.97 Å². The van der Waals surface area contributed by atoms with E-state index >= 15 is 0 Å².